The third-order valence-corrected chi connectivity index (χ3v) is 4.23. The number of aromatic nitrogens is 6. The highest BCUT2D eigenvalue weighted by molar-refractivity contribution is 5.91. The molecule has 26 heavy (non-hydrogen) atoms. The highest BCUT2D eigenvalue weighted by Gasteiger charge is 2.11. The van der Waals surface area contributed by atoms with Crippen molar-refractivity contribution in [1.29, 1.82) is 0 Å². The van der Waals surface area contributed by atoms with Crippen molar-refractivity contribution < 1.29 is 0 Å². The molecule has 5 rings (SSSR count). The summed E-state index contributed by atoms with van der Waals surface area (Å²) in [5.74, 6) is 0.812. The molecular weight excluding hydrogens is 326 g/mol. The second-order valence-corrected chi connectivity index (χ2v) is 6.02. The molecule has 7 nitrogen and oxygen atoms in total. The van der Waals surface area contributed by atoms with Gasteiger partial charge in [0, 0.05) is 35.6 Å². The maximum Gasteiger partial charge on any atom is 0.158 e. The van der Waals surface area contributed by atoms with Crippen LogP contribution in [-0.4, -0.2) is 29.5 Å². The monoisotopic (exact) mass is 341 g/mol. The lowest BCUT2D eigenvalue weighted by atomic mass is 10.2. The predicted octanol–water partition coefficient (Wildman–Crippen LogP) is 3.72. The molecule has 0 amide bonds. The van der Waals surface area contributed by atoms with Gasteiger partial charge in [0.15, 0.2) is 5.65 Å². The Morgan fingerprint density at radius 3 is 2.88 bits per heavy atom. The largest absolute Gasteiger partial charge is 0.346 e. The molecule has 0 unspecified atom stereocenters. The molecule has 0 aliphatic heterocycles. The Morgan fingerprint density at radius 1 is 1.00 bits per heavy atom. The summed E-state index contributed by atoms with van der Waals surface area (Å²) in [4.78, 5) is 16.7. The van der Waals surface area contributed by atoms with E-state index in [1.54, 1.807) is 16.9 Å². The van der Waals surface area contributed by atoms with Crippen molar-refractivity contribution >= 4 is 28.2 Å². The van der Waals surface area contributed by atoms with Crippen LogP contribution in [0.5, 0.6) is 0 Å². The van der Waals surface area contributed by atoms with Gasteiger partial charge < -0.3 is 10.3 Å². The van der Waals surface area contributed by atoms with Crippen molar-refractivity contribution in [3.8, 4) is 11.4 Å². The van der Waals surface area contributed by atoms with E-state index in [0.29, 0.717) is 0 Å². The summed E-state index contributed by atoms with van der Waals surface area (Å²) in [6, 6.07) is 13.7. The lowest BCUT2D eigenvalue weighted by molar-refractivity contribution is 0.947. The van der Waals surface area contributed by atoms with Crippen LogP contribution in [0, 0.1) is 6.92 Å². The number of H-pyrrole nitrogens is 1. The van der Waals surface area contributed by atoms with Crippen LogP contribution in [0.1, 0.15) is 5.69 Å². The predicted molar refractivity (Wildman–Crippen MR) is 100 cm³/mol. The normalized spacial score (nSPS) is 11.3. The second-order valence-electron chi connectivity index (χ2n) is 6.02. The van der Waals surface area contributed by atoms with Crippen molar-refractivity contribution in [3.63, 3.8) is 0 Å². The van der Waals surface area contributed by atoms with Gasteiger partial charge in [-0.25, -0.2) is 9.97 Å². The Morgan fingerprint density at radius 2 is 1.96 bits per heavy atom. The third kappa shape index (κ3) is 2.37. The molecule has 5 aromatic rings. The van der Waals surface area contributed by atoms with Gasteiger partial charge in [-0.1, -0.05) is 6.07 Å². The van der Waals surface area contributed by atoms with Crippen LogP contribution >= 0.6 is 0 Å². The van der Waals surface area contributed by atoms with Crippen molar-refractivity contribution in [1.82, 2.24) is 29.5 Å². The number of pyridine rings is 2. The van der Waals surface area contributed by atoms with E-state index in [9.17, 15) is 0 Å². The van der Waals surface area contributed by atoms with Gasteiger partial charge in [-0.2, -0.15) is 9.61 Å². The Balaban J connectivity index is 1.67. The lowest BCUT2D eigenvalue weighted by Gasteiger charge is -2.11. The molecule has 0 fully saturated rings. The minimum atomic E-state index is 0.757. The fraction of sp³-hybridized carbons (Fsp3) is 0.0526. The van der Waals surface area contributed by atoms with Gasteiger partial charge in [-0.05, 0) is 31.2 Å². The van der Waals surface area contributed by atoms with Crippen molar-refractivity contribution in [2.75, 3.05) is 5.32 Å². The summed E-state index contributed by atoms with van der Waals surface area (Å²) in [6.45, 7) is 1.97. The highest BCUT2D eigenvalue weighted by Crippen LogP contribution is 2.27. The molecule has 5 heterocycles. The van der Waals surface area contributed by atoms with Crippen molar-refractivity contribution in [2.45, 2.75) is 6.92 Å². The quantitative estimate of drug-likeness (QED) is 0.522. The van der Waals surface area contributed by atoms with Crippen LogP contribution in [-0.2, 0) is 0 Å². The number of hydrogen-bond acceptors (Lipinski definition) is 5. The zero-order valence-electron chi connectivity index (χ0n) is 14.0. The zero-order chi connectivity index (χ0) is 17.5. The summed E-state index contributed by atoms with van der Waals surface area (Å²) in [6.07, 6.45) is 5.38. The minimum absolute atomic E-state index is 0.757. The summed E-state index contributed by atoms with van der Waals surface area (Å²) in [5.41, 5.74) is 5.12. The molecule has 0 radical (unpaired) electrons. The highest BCUT2D eigenvalue weighted by atomic mass is 15.3. The van der Waals surface area contributed by atoms with Crippen molar-refractivity contribution in [2.24, 2.45) is 0 Å². The maximum atomic E-state index is 4.68. The first kappa shape index (κ1) is 14.6. The summed E-state index contributed by atoms with van der Waals surface area (Å²) >= 11 is 0. The van der Waals surface area contributed by atoms with E-state index in [-0.39, 0.29) is 0 Å². The van der Waals surface area contributed by atoms with Crippen molar-refractivity contribution in [3.05, 3.63) is 66.7 Å². The molecule has 0 spiro atoms. The van der Waals surface area contributed by atoms with Gasteiger partial charge in [0.1, 0.15) is 11.5 Å². The first-order valence-electron chi connectivity index (χ1n) is 8.26. The zero-order valence-corrected chi connectivity index (χ0v) is 14.0. The molecular formula is C19H15N7. The molecule has 7 heteroatoms. The topological polar surface area (TPSA) is 83.8 Å². The van der Waals surface area contributed by atoms with Crippen LogP contribution in [0.3, 0.4) is 0 Å². The number of rotatable bonds is 3. The molecule has 0 aliphatic carbocycles. The molecule has 0 aliphatic rings. The molecule has 126 valence electrons. The van der Waals surface area contributed by atoms with Gasteiger partial charge in [-0.15, -0.1) is 0 Å². The third-order valence-electron chi connectivity index (χ3n) is 4.23. The Kier molecular flexibility index (Phi) is 3.18. The van der Waals surface area contributed by atoms with E-state index in [4.69, 9.17) is 0 Å². The van der Waals surface area contributed by atoms with Crippen LogP contribution in [0.25, 0.3) is 28.1 Å². The molecule has 0 saturated heterocycles. The van der Waals surface area contributed by atoms with Gasteiger partial charge in [0.25, 0.3) is 0 Å². The number of aromatic amines is 1. The number of aryl methyl sites for hydroxylation is 1. The van der Waals surface area contributed by atoms with Crippen LogP contribution in [0.2, 0.25) is 0 Å². The molecule has 2 N–H and O–H groups in total. The Hall–Kier alpha value is -3.74. The fourth-order valence-electron chi connectivity index (χ4n) is 3.03. The van der Waals surface area contributed by atoms with E-state index in [1.165, 1.54) is 0 Å². The average molecular weight is 341 g/mol. The number of hydrogen-bond donors (Lipinski definition) is 2. The van der Waals surface area contributed by atoms with Gasteiger partial charge in [-0.3, -0.25) is 4.98 Å². The number of fused-ring (bicyclic) bond motifs is 2. The standard InChI is InChI=1S/C19H15N7/c1-12-3-2-4-15(23-12)16-11-18(26-17(25-16)7-10-22-26)24-14-6-9-21-19-13(14)5-8-20-19/h2-11H,1H3,(H2,20,21,24). The number of nitrogens with one attached hydrogen (secondary N) is 2. The number of nitrogens with zero attached hydrogens (tertiary/aromatic N) is 5. The lowest BCUT2D eigenvalue weighted by Crippen LogP contribution is -2.03. The van der Waals surface area contributed by atoms with E-state index < -0.39 is 0 Å². The summed E-state index contributed by atoms with van der Waals surface area (Å²) in [5, 5.41) is 8.86. The maximum absolute atomic E-state index is 4.68. The summed E-state index contributed by atoms with van der Waals surface area (Å²) in [7, 11) is 0. The van der Waals surface area contributed by atoms with E-state index in [2.05, 4.69) is 30.4 Å². The first-order chi connectivity index (χ1) is 12.8. The Bertz CT molecular complexity index is 1240. The first-order valence-corrected chi connectivity index (χ1v) is 8.26. The van der Waals surface area contributed by atoms with E-state index in [0.717, 1.165) is 45.3 Å². The molecule has 0 atom stereocenters. The SMILES string of the molecule is Cc1cccc(-c2cc(Nc3ccnc4[nH]ccc34)n3nccc3n2)n1. The molecule has 5 aromatic heterocycles. The number of anilines is 2. The molecule has 0 saturated carbocycles. The van der Waals surface area contributed by atoms with E-state index in [1.807, 2.05) is 55.6 Å². The van der Waals surface area contributed by atoms with Crippen LogP contribution in [0.15, 0.2) is 61.1 Å². The van der Waals surface area contributed by atoms with Gasteiger partial charge in [0.2, 0.25) is 0 Å². The van der Waals surface area contributed by atoms with Crippen LogP contribution < -0.4 is 5.32 Å². The minimum Gasteiger partial charge on any atom is -0.346 e. The van der Waals surface area contributed by atoms with Gasteiger partial charge >= 0.3 is 0 Å². The average Bonchev–Trinajstić information content (AvgIpc) is 3.31. The molecule has 0 bridgehead atoms. The summed E-state index contributed by atoms with van der Waals surface area (Å²) < 4.78 is 1.78. The van der Waals surface area contributed by atoms with Gasteiger partial charge in [0.05, 0.1) is 23.3 Å². The molecule has 0 aromatic carbocycles. The fourth-order valence-corrected chi connectivity index (χ4v) is 3.03. The smallest absolute Gasteiger partial charge is 0.158 e. The second kappa shape index (κ2) is 5.66. The Labute approximate surface area is 148 Å². The van der Waals surface area contributed by atoms with Crippen LogP contribution in [0.4, 0.5) is 11.5 Å². The van der Waals surface area contributed by atoms with E-state index >= 15 is 0 Å².